The van der Waals surface area contributed by atoms with Gasteiger partial charge >= 0.3 is 0 Å². The Morgan fingerprint density at radius 1 is 1.44 bits per heavy atom. The average molecular weight is 223 g/mol. The molecule has 0 bridgehead atoms. The first-order valence-corrected chi connectivity index (χ1v) is 6.23. The molecule has 2 atom stereocenters. The lowest BCUT2D eigenvalue weighted by molar-refractivity contribution is 0.348. The van der Waals surface area contributed by atoms with Crippen molar-refractivity contribution in [1.82, 2.24) is 10.1 Å². The molecule has 1 aromatic rings. The van der Waals surface area contributed by atoms with E-state index in [4.69, 9.17) is 10.3 Å². The van der Waals surface area contributed by atoms with Gasteiger partial charge in [-0.2, -0.15) is 4.98 Å². The summed E-state index contributed by atoms with van der Waals surface area (Å²) in [4.78, 5) is 4.47. The molecular formula is C12H21N3O. The number of rotatable bonds is 4. The quantitative estimate of drug-likeness (QED) is 0.850. The fourth-order valence-electron chi connectivity index (χ4n) is 2.19. The number of aryl methyl sites for hydroxylation is 1. The smallest absolute Gasteiger partial charge is 0.229 e. The molecule has 90 valence electrons. The van der Waals surface area contributed by atoms with E-state index in [9.17, 15) is 0 Å². The molecule has 2 unspecified atom stereocenters. The maximum atomic E-state index is 5.88. The molecule has 4 heteroatoms. The third-order valence-corrected chi connectivity index (χ3v) is 3.25. The highest BCUT2D eigenvalue weighted by atomic mass is 16.5. The molecule has 0 amide bonds. The van der Waals surface area contributed by atoms with Crippen molar-refractivity contribution in [2.75, 3.05) is 0 Å². The summed E-state index contributed by atoms with van der Waals surface area (Å²) in [7, 11) is 0. The van der Waals surface area contributed by atoms with Gasteiger partial charge in [0.2, 0.25) is 5.89 Å². The zero-order chi connectivity index (χ0) is 11.5. The minimum Gasteiger partial charge on any atom is -0.339 e. The van der Waals surface area contributed by atoms with Crippen LogP contribution in [0.2, 0.25) is 0 Å². The van der Waals surface area contributed by atoms with Crippen molar-refractivity contribution in [1.29, 1.82) is 0 Å². The molecule has 1 aliphatic rings. The van der Waals surface area contributed by atoms with Gasteiger partial charge in [0.1, 0.15) is 0 Å². The minimum atomic E-state index is 0.316. The van der Waals surface area contributed by atoms with Crippen LogP contribution in [0, 0.1) is 5.92 Å². The zero-order valence-electron chi connectivity index (χ0n) is 10.1. The van der Waals surface area contributed by atoms with Gasteiger partial charge in [0, 0.05) is 18.4 Å². The van der Waals surface area contributed by atoms with Crippen LogP contribution < -0.4 is 5.73 Å². The predicted octanol–water partition coefficient (Wildman–Crippen LogP) is 2.25. The summed E-state index contributed by atoms with van der Waals surface area (Å²) >= 11 is 0. The summed E-state index contributed by atoms with van der Waals surface area (Å²) < 4.78 is 5.31. The fraction of sp³-hybridized carbons (Fsp3) is 0.833. The summed E-state index contributed by atoms with van der Waals surface area (Å²) in [6.45, 7) is 4.41. The van der Waals surface area contributed by atoms with Crippen LogP contribution in [-0.4, -0.2) is 16.2 Å². The van der Waals surface area contributed by atoms with E-state index in [1.165, 1.54) is 0 Å². The predicted molar refractivity (Wildman–Crippen MR) is 62.0 cm³/mol. The third kappa shape index (κ3) is 2.82. The normalized spacial score (nSPS) is 25.5. The minimum absolute atomic E-state index is 0.316. The topological polar surface area (TPSA) is 64.9 Å². The Bertz CT molecular complexity index is 335. The van der Waals surface area contributed by atoms with Crippen molar-refractivity contribution in [2.24, 2.45) is 11.7 Å². The second kappa shape index (κ2) is 4.95. The van der Waals surface area contributed by atoms with Crippen LogP contribution >= 0.6 is 0 Å². The summed E-state index contributed by atoms with van der Waals surface area (Å²) in [6, 6.07) is 0.316. The lowest BCUT2D eigenvalue weighted by atomic mass is 10.1. The van der Waals surface area contributed by atoms with Crippen molar-refractivity contribution >= 4 is 0 Å². The first kappa shape index (κ1) is 11.6. The summed E-state index contributed by atoms with van der Waals surface area (Å²) in [5.74, 6) is 2.73. The molecule has 0 spiro atoms. The standard InChI is InChI=1S/C12H21N3O/c1-8(2)3-6-11-14-12(16-15-11)9-4-5-10(13)7-9/h8-10H,3-7,13H2,1-2H3. The maximum absolute atomic E-state index is 5.88. The average Bonchev–Trinajstić information content (AvgIpc) is 2.83. The van der Waals surface area contributed by atoms with Crippen molar-refractivity contribution < 1.29 is 4.52 Å². The lowest BCUT2D eigenvalue weighted by Gasteiger charge is -2.01. The van der Waals surface area contributed by atoms with Crippen molar-refractivity contribution in [3.05, 3.63) is 11.7 Å². The largest absolute Gasteiger partial charge is 0.339 e. The van der Waals surface area contributed by atoms with Crippen molar-refractivity contribution in [2.45, 2.75) is 57.9 Å². The molecular weight excluding hydrogens is 202 g/mol. The van der Waals surface area contributed by atoms with Gasteiger partial charge in [-0.25, -0.2) is 0 Å². The maximum Gasteiger partial charge on any atom is 0.229 e. The molecule has 4 nitrogen and oxygen atoms in total. The van der Waals surface area contributed by atoms with Crippen LogP contribution in [-0.2, 0) is 6.42 Å². The van der Waals surface area contributed by atoms with Crippen LogP contribution in [0.15, 0.2) is 4.52 Å². The molecule has 0 radical (unpaired) electrons. The van der Waals surface area contributed by atoms with Crippen LogP contribution in [0.1, 0.15) is 57.2 Å². The second-order valence-electron chi connectivity index (χ2n) is 5.25. The van der Waals surface area contributed by atoms with Gasteiger partial charge in [-0.15, -0.1) is 0 Å². The number of hydrogen-bond acceptors (Lipinski definition) is 4. The molecule has 1 aromatic heterocycles. The number of nitrogens with two attached hydrogens (primary N) is 1. The van der Waals surface area contributed by atoms with Gasteiger partial charge in [0.15, 0.2) is 5.82 Å². The van der Waals surface area contributed by atoms with Gasteiger partial charge < -0.3 is 10.3 Å². The highest BCUT2D eigenvalue weighted by Gasteiger charge is 2.27. The first-order chi connectivity index (χ1) is 7.65. The monoisotopic (exact) mass is 223 g/mol. The van der Waals surface area contributed by atoms with Gasteiger partial charge in [-0.05, 0) is 31.6 Å². The molecule has 16 heavy (non-hydrogen) atoms. The second-order valence-corrected chi connectivity index (χ2v) is 5.25. The molecule has 1 saturated carbocycles. The Labute approximate surface area is 96.6 Å². The molecule has 0 saturated heterocycles. The van der Waals surface area contributed by atoms with E-state index < -0.39 is 0 Å². The van der Waals surface area contributed by atoms with Gasteiger partial charge in [-0.1, -0.05) is 19.0 Å². The Hall–Kier alpha value is -0.900. The van der Waals surface area contributed by atoms with E-state index >= 15 is 0 Å². The van der Waals surface area contributed by atoms with Crippen LogP contribution in [0.3, 0.4) is 0 Å². The Morgan fingerprint density at radius 2 is 2.25 bits per heavy atom. The SMILES string of the molecule is CC(C)CCc1noc(C2CCC(N)C2)n1. The van der Waals surface area contributed by atoms with E-state index in [0.29, 0.717) is 17.9 Å². The third-order valence-electron chi connectivity index (χ3n) is 3.25. The van der Waals surface area contributed by atoms with Crippen molar-refractivity contribution in [3.63, 3.8) is 0 Å². The van der Waals surface area contributed by atoms with Gasteiger partial charge in [0.25, 0.3) is 0 Å². The molecule has 1 heterocycles. The van der Waals surface area contributed by atoms with Crippen LogP contribution in [0.4, 0.5) is 0 Å². The highest BCUT2D eigenvalue weighted by molar-refractivity contribution is 4.99. The van der Waals surface area contributed by atoms with E-state index in [-0.39, 0.29) is 0 Å². The summed E-state index contributed by atoms with van der Waals surface area (Å²) in [6.07, 6.45) is 5.19. The molecule has 1 fully saturated rings. The van der Waals surface area contributed by atoms with Crippen molar-refractivity contribution in [3.8, 4) is 0 Å². The summed E-state index contributed by atoms with van der Waals surface area (Å²) in [5.41, 5.74) is 5.88. The molecule has 0 aromatic carbocycles. The number of nitrogens with zero attached hydrogens (tertiary/aromatic N) is 2. The Kier molecular flexibility index (Phi) is 3.59. The molecule has 0 aliphatic heterocycles. The van der Waals surface area contributed by atoms with E-state index in [1.807, 2.05) is 0 Å². The number of hydrogen-bond donors (Lipinski definition) is 1. The van der Waals surface area contributed by atoms with E-state index in [2.05, 4.69) is 24.0 Å². The van der Waals surface area contributed by atoms with E-state index in [1.54, 1.807) is 0 Å². The van der Waals surface area contributed by atoms with Gasteiger partial charge in [-0.3, -0.25) is 0 Å². The molecule has 2 rings (SSSR count). The number of aromatic nitrogens is 2. The molecule has 2 N–H and O–H groups in total. The van der Waals surface area contributed by atoms with Crippen LogP contribution in [0.25, 0.3) is 0 Å². The van der Waals surface area contributed by atoms with E-state index in [0.717, 1.165) is 43.8 Å². The highest BCUT2D eigenvalue weighted by Crippen LogP contribution is 2.32. The summed E-state index contributed by atoms with van der Waals surface area (Å²) in [5, 5.41) is 4.03. The van der Waals surface area contributed by atoms with Crippen LogP contribution in [0.5, 0.6) is 0 Å². The first-order valence-electron chi connectivity index (χ1n) is 6.23. The lowest BCUT2D eigenvalue weighted by Crippen LogP contribution is -2.14. The Morgan fingerprint density at radius 3 is 2.88 bits per heavy atom. The molecule has 1 aliphatic carbocycles. The Balaban J connectivity index is 1.91. The fourth-order valence-corrected chi connectivity index (χ4v) is 2.19. The van der Waals surface area contributed by atoms with Gasteiger partial charge in [0.05, 0.1) is 0 Å². The zero-order valence-corrected chi connectivity index (χ0v) is 10.1.